The summed E-state index contributed by atoms with van der Waals surface area (Å²) in [5, 5.41) is 15.5. The van der Waals surface area contributed by atoms with Gasteiger partial charge in [0.2, 0.25) is 5.75 Å². The van der Waals surface area contributed by atoms with Gasteiger partial charge in [0, 0.05) is 6.92 Å². The van der Waals surface area contributed by atoms with Crippen LogP contribution in [0.25, 0.3) is 0 Å². The Labute approximate surface area is 170 Å². The smallest absolute Gasteiger partial charge is 0.323 e. The van der Waals surface area contributed by atoms with Crippen molar-refractivity contribution in [3.63, 3.8) is 0 Å². The fraction of sp³-hybridized carbons (Fsp3) is 0.167. The van der Waals surface area contributed by atoms with Gasteiger partial charge in [-0.1, -0.05) is 23.7 Å². The summed E-state index contributed by atoms with van der Waals surface area (Å²) in [7, 11) is 1.20. The molecular formula is C18H16ClN3O7. The van der Waals surface area contributed by atoms with Crippen LogP contribution in [-0.2, 0) is 9.59 Å². The summed E-state index contributed by atoms with van der Waals surface area (Å²) in [4.78, 5) is 33.7. The third-order valence-electron chi connectivity index (χ3n) is 3.36. The zero-order chi connectivity index (χ0) is 21.4. The first kappa shape index (κ1) is 21.6. The number of nitro benzene ring substituents is 1. The number of para-hydroxylation sites is 1. The number of methoxy groups -OCH3 is 1. The number of nitrogens with zero attached hydrogens (tertiary/aromatic N) is 2. The molecule has 0 bridgehead atoms. The Morgan fingerprint density at radius 1 is 1.24 bits per heavy atom. The molecule has 0 saturated heterocycles. The topological polar surface area (TPSA) is 129 Å². The summed E-state index contributed by atoms with van der Waals surface area (Å²) in [6.45, 7) is 0.790. The number of nitrogens with one attached hydrogen (secondary N) is 1. The standard InChI is InChI=1S/C18H16ClN3O7/c1-11(23)29-15-8-7-12(17(22(25)26)18(15)27-2)9-20-21-16(24)10-28-14-6-4-3-5-13(14)19/h3-9H,10H2,1-2H3,(H,21,24). The predicted molar refractivity (Wildman–Crippen MR) is 104 cm³/mol. The van der Waals surface area contributed by atoms with E-state index in [0.717, 1.165) is 13.1 Å². The van der Waals surface area contributed by atoms with Crippen LogP contribution in [0.3, 0.4) is 0 Å². The van der Waals surface area contributed by atoms with Crippen molar-refractivity contribution in [2.75, 3.05) is 13.7 Å². The van der Waals surface area contributed by atoms with Crippen LogP contribution in [0.15, 0.2) is 41.5 Å². The van der Waals surface area contributed by atoms with Crippen LogP contribution in [0, 0.1) is 10.1 Å². The number of carbonyl (C=O) groups excluding carboxylic acids is 2. The Morgan fingerprint density at radius 2 is 1.97 bits per heavy atom. The molecule has 29 heavy (non-hydrogen) atoms. The van der Waals surface area contributed by atoms with E-state index in [4.69, 9.17) is 25.8 Å². The molecule has 1 N–H and O–H groups in total. The van der Waals surface area contributed by atoms with Gasteiger partial charge in [0.1, 0.15) is 5.75 Å². The van der Waals surface area contributed by atoms with Crippen molar-refractivity contribution in [3.8, 4) is 17.2 Å². The summed E-state index contributed by atoms with van der Waals surface area (Å²) in [5.74, 6) is -1.30. The maximum atomic E-state index is 11.8. The van der Waals surface area contributed by atoms with Gasteiger partial charge in [-0.2, -0.15) is 5.10 Å². The quantitative estimate of drug-likeness (QED) is 0.228. The Morgan fingerprint density at radius 3 is 2.59 bits per heavy atom. The number of hydrogen-bond donors (Lipinski definition) is 1. The predicted octanol–water partition coefficient (Wildman–Crippen LogP) is 2.71. The maximum absolute atomic E-state index is 11.8. The van der Waals surface area contributed by atoms with Gasteiger partial charge in [-0.25, -0.2) is 5.43 Å². The van der Waals surface area contributed by atoms with Crippen LogP contribution in [0.1, 0.15) is 12.5 Å². The largest absolute Gasteiger partial charge is 0.488 e. The highest BCUT2D eigenvalue weighted by molar-refractivity contribution is 6.32. The molecule has 0 aliphatic carbocycles. The minimum atomic E-state index is -0.713. The third-order valence-corrected chi connectivity index (χ3v) is 3.67. The van der Waals surface area contributed by atoms with Gasteiger partial charge in [0.05, 0.1) is 28.8 Å². The molecule has 2 aromatic carbocycles. The van der Waals surface area contributed by atoms with E-state index >= 15 is 0 Å². The number of amides is 1. The molecule has 0 aliphatic heterocycles. The minimum Gasteiger partial charge on any atom is -0.488 e. The second-order valence-electron chi connectivity index (χ2n) is 5.40. The molecule has 0 aromatic heterocycles. The molecule has 0 aliphatic rings. The molecule has 0 unspecified atom stereocenters. The molecule has 2 rings (SSSR count). The summed E-state index contributed by atoms with van der Waals surface area (Å²) in [6, 6.07) is 9.24. The second-order valence-corrected chi connectivity index (χ2v) is 5.81. The van der Waals surface area contributed by atoms with E-state index in [1.54, 1.807) is 24.3 Å². The molecule has 11 heteroatoms. The van der Waals surface area contributed by atoms with Crippen LogP contribution >= 0.6 is 11.6 Å². The van der Waals surface area contributed by atoms with Gasteiger partial charge in [0.15, 0.2) is 12.4 Å². The number of benzene rings is 2. The van der Waals surface area contributed by atoms with Crippen LogP contribution in [-0.4, -0.2) is 36.7 Å². The highest BCUT2D eigenvalue weighted by atomic mass is 35.5. The molecular weight excluding hydrogens is 406 g/mol. The van der Waals surface area contributed by atoms with Crippen molar-refractivity contribution < 1.29 is 28.7 Å². The molecule has 0 atom stereocenters. The lowest BCUT2D eigenvalue weighted by atomic mass is 10.1. The van der Waals surface area contributed by atoms with Gasteiger partial charge >= 0.3 is 11.7 Å². The van der Waals surface area contributed by atoms with Crippen LogP contribution in [0.4, 0.5) is 5.69 Å². The lowest BCUT2D eigenvalue weighted by molar-refractivity contribution is -0.385. The Balaban J connectivity index is 2.11. The molecule has 0 spiro atoms. The summed E-state index contributed by atoms with van der Waals surface area (Å²) in [5.41, 5.74) is 1.73. The van der Waals surface area contributed by atoms with Gasteiger partial charge in [-0.15, -0.1) is 0 Å². The molecule has 2 aromatic rings. The normalized spacial score (nSPS) is 10.4. The molecule has 0 heterocycles. The number of ether oxygens (including phenoxy) is 3. The highest BCUT2D eigenvalue weighted by Gasteiger charge is 2.25. The minimum absolute atomic E-state index is 0.0232. The average molecular weight is 422 g/mol. The molecule has 10 nitrogen and oxygen atoms in total. The molecule has 152 valence electrons. The van der Waals surface area contributed by atoms with Crippen molar-refractivity contribution >= 4 is 35.4 Å². The summed E-state index contributed by atoms with van der Waals surface area (Å²) in [6.07, 6.45) is 1.06. The van der Waals surface area contributed by atoms with E-state index in [-0.39, 0.29) is 23.7 Å². The number of halogens is 1. The van der Waals surface area contributed by atoms with Crippen molar-refractivity contribution in [1.29, 1.82) is 0 Å². The van der Waals surface area contributed by atoms with E-state index in [0.29, 0.717) is 10.8 Å². The fourth-order valence-corrected chi connectivity index (χ4v) is 2.39. The van der Waals surface area contributed by atoms with Crippen LogP contribution < -0.4 is 19.6 Å². The molecule has 0 saturated carbocycles. The number of rotatable bonds is 8. The summed E-state index contributed by atoms with van der Waals surface area (Å²) >= 11 is 5.92. The van der Waals surface area contributed by atoms with Crippen molar-refractivity contribution in [2.45, 2.75) is 6.92 Å². The summed E-state index contributed by atoms with van der Waals surface area (Å²) < 4.78 is 15.2. The van der Waals surface area contributed by atoms with E-state index in [9.17, 15) is 19.7 Å². The highest BCUT2D eigenvalue weighted by Crippen LogP contribution is 2.39. The van der Waals surface area contributed by atoms with Gasteiger partial charge in [-0.05, 0) is 24.3 Å². The maximum Gasteiger partial charge on any atom is 0.323 e. The van der Waals surface area contributed by atoms with E-state index in [2.05, 4.69) is 10.5 Å². The Hall–Kier alpha value is -3.66. The first-order valence-electron chi connectivity index (χ1n) is 8.06. The van der Waals surface area contributed by atoms with Crippen LogP contribution in [0.5, 0.6) is 17.2 Å². The van der Waals surface area contributed by atoms with Gasteiger partial charge < -0.3 is 14.2 Å². The molecule has 1 amide bonds. The van der Waals surface area contributed by atoms with Gasteiger partial charge in [-0.3, -0.25) is 19.7 Å². The fourth-order valence-electron chi connectivity index (χ4n) is 2.20. The lowest BCUT2D eigenvalue weighted by Gasteiger charge is -2.09. The Kier molecular flexibility index (Phi) is 7.49. The first-order valence-corrected chi connectivity index (χ1v) is 8.44. The van der Waals surface area contributed by atoms with Crippen LogP contribution in [0.2, 0.25) is 5.02 Å². The molecule has 0 radical (unpaired) electrons. The first-order chi connectivity index (χ1) is 13.8. The monoisotopic (exact) mass is 421 g/mol. The lowest BCUT2D eigenvalue weighted by Crippen LogP contribution is -2.24. The van der Waals surface area contributed by atoms with Crippen molar-refractivity contribution in [3.05, 3.63) is 57.1 Å². The zero-order valence-corrected chi connectivity index (χ0v) is 16.1. The van der Waals surface area contributed by atoms with Crippen molar-refractivity contribution in [2.24, 2.45) is 5.10 Å². The number of esters is 1. The number of hydrogen-bond acceptors (Lipinski definition) is 8. The Bertz CT molecular complexity index is 962. The number of hydrazone groups is 1. The van der Waals surface area contributed by atoms with Crippen molar-refractivity contribution in [1.82, 2.24) is 5.43 Å². The number of carbonyl (C=O) groups is 2. The zero-order valence-electron chi connectivity index (χ0n) is 15.4. The SMILES string of the molecule is COc1c(OC(C)=O)ccc(C=NNC(=O)COc2ccccc2Cl)c1[N+](=O)[O-]. The number of nitro groups is 1. The van der Waals surface area contributed by atoms with E-state index in [1.165, 1.54) is 19.2 Å². The second kappa shape index (κ2) is 10.0. The molecule has 0 fully saturated rings. The van der Waals surface area contributed by atoms with E-state index < -0.39 is 22.5 Å². The third kappa shape index (κ3) is 5.91. The van der Waals surface area contributed by atoms with E-state index in [1.807, 2.05) is 0 Å². The average Bonchev–Trinajstić information content (AvgIpc) is 2.67. The van der Waals surface area contributed by atoms with Gasteiger partial charge in [0.25, 0.3) is 5.91 Å².